The molecule has 4 heteroatoms. The first-order chi connectivity index (χ1) is 10.1. The number of fused-ring (bicyclic) bond motifs is 1. The van der Waals surface area contributed by atoms with Crippen LogP contribution in [0, 0.1) is 5.82 Å². The number of benzene rings is 2. The fraction of sp³-hybridized carbons (Fsp3) is 0.235. The van der Waals surface area contributed by atoms with Crippen molar-refractivity contribution in [2.45, 2.75) is 25.3 Å². The summed E-state index contributed by atoms with van der Waals surface area (Å²) in [6.07, 6.45) is 2.70. The average molecular weight is 348 g/mol. The number of halogens is 2. The molecule has 0 aromatic heterocycles. The smallest absolute Gasteiger partial charge is 0.252 e. The lowest BCUT2D eigenvalue weighted by Crippen LogP contribution is -2.39. The molecule has 0 bridgehead atoms. The van der Waals surface area contributed by atoms with E-state index in [9.17, 15) is 9.18 Å². The zero-order valence-corrected chi connectivity index (χ0v) is 13.0. The van der Waals surface area contributed by atoms with Gasteiger partial charge in [0.1, 0.15) is 5.82 Å². The van der Waals surface area contributed by atoms with Crippen LogP contribution in [0.2, 0.25) is 0 Å². The Hall–Kier alpha value is -1.68. The molecule has 0 heterocycles. The number of carbonyl (C=O) groups excluding carboxylic acids is 1. The fourth-order valence-corrected chi connectivity index (χ4v) is 3.21. The number of hydrogen-bond acceptors (Lipinski definition) is 1. The molecule has 0 saturated carbocycles. The second-order valence-corrected chi connectivity index (χ2v) is 6.08. The molecule has 1 aliphatic rings. The minimum Gasteiger partial charge on any atom is -0.349 e. The second-order valence-electron chi connectivity index (χ2n) is 5.28. The minimum atomic E-state index is -0.420. The first-order valence-corrected chi connectivity index (χ1v) is 7.76. The summed E-state index contributed by atoms with van der Waals surface area (Å²) in [4.78, 5) is 12.3. The Morgan fingerprint density at radius 1 is 1.14 bits per heavy atom. The third-order valence-corrected chi connectivity index (χ3v) is 4.68. The van der Waals surface area contributed by atoms with E-state index >= 15 is 0 Å². The number of carbonyl (C=O) groups is 1. The van der Waals surface area contributed by atoms with Crippen LogP contribution in [0.15, 0.2) is 46.9 Å². The van der Waals surface area contributed by atoms with Crippen molar-refractivity contribution in [1.82, 2.24) is 5.32 Å². The quantitative estimate of drug-likeness (QED) is 0.877. The third-order valence-electron chi connectivity index (χ3n) is 3.88. The van der Waals surface area contributed by atoms with Crippen LogP contribution in [0.4, 0.5) is 4.39 Å². The van der Waals surface area contributed by atoms with E-state index in [4.69, 9.17) is 0 Å². The monoisotopic (exact) mass is 347 g/mol. The number of aryl methyl sites for hydroxylation is 1. The van der Waals surface area contributed by atoms with E-state index in [2.05, 4.69) is 33.4 Å². The Bertz CT molecular complexity index is 686. The summed E-state index contributed by atoms with van der Waals surface area (Å²) in [6, 6.07) is 12.9. The van der Waals surface area contributed by atoms with Crippen LogP contribution < -0.4 is 5.32 Å². The van der Waals surface area contributed by atoms with Crippen molar-refractivity contribution in [2.75, 3.05) is 0 Å². The Morgan fingerprint density at radius 2 is 1.90 bits per heavy atom. The van der Waals surface area contributed by atoms with Crippen LogP contribution in [-0.4, -0.2) is 11.9 Å². The van der Waals surface area contributed by atoms with Gasteiger partial charge in [-0.15, -0.1) is 0 Å². The second kappa shape index (κ2) is 5.98. The van der Waals surface area contributed by atoms with Crippen LogP contribution in [0.5, 0.6) is 0 Å². The van der Waals surface area contributed by atoms with Crippen LogP contribution in [-0.2, 0) is 12.8 Å². The highest BCUT2D eigenvalue weighted by Crippen LogP contribution is 2.23. The fourth-order valence-electron chi connectivity index (χ4n) is 2.76. The molecule has 0 aliphatic heterocycles. The molecule has 2 aromatic carbocycles. The maximum Gasteiger partial charge on any atom is 0.252 e. The van der Waals surface area contributed by atoms with Crippen LogP contribution >= 0.6 is 15.9 Å². The lowest BCUT2D eigenvalue weighted by atomic mass is 9.88. The minimum absolute atomic E-state index is 0.0996. The predicted octanol–water partition coefficient (Wildman–Crippen LogP) is 3.88. The molecule has 1 aliphatic carbocycles. The first-order valence-electron chi connectivity index (χ1n) is 6.97. The van der Waals surface area contributed by atoms with Gasteiger partial charge in [-0.3, -0.25) is 4.79 Å². The Morgan fingerprint density at radius 3 is 2.71 bits per heavy atom. The van der Waals surface area contributed by atoms with Gasteiger partial charge in [-0.25, -0.2) is 4.39 Å². The molecule has 21 heavy (non-hydrogen) atoms. The van der Waals surface area contributed by atoms with Crippen LogP contribution in [0.3, 0.4) is 0 Å². The van der Waals surface area contributed by atoms with Crippen molar-refractivity contribution in [2.24, 2.45) is 0 Å². The summed E-state index contributed by atoms with van der Waals surface area (Å²) in [6.45, 7) is 0. The van der Waals surface area contributed by atoms with Crippen molar-refractivity contribution in [1.29, 1.82) is 0 Å². The molecule has 0 spiro atoms. The Kier molecular flexibility index (Phi) is 4.06. The summed E-state index contributed by atoms with van der Waals surface area (Å²) in [5, 5.41) is 3.01. The number of nitrogens with one attached hydrogen (secondary N) is 1. The predicted molar refractivity (Wildman–Crippen MR) is 83.8 cm³/mol. The Labute approximate surface area is 131 Å². The molecule has 3 rings (SSSR count). The molecule has 2 nitrogen and oxygen atoms in total. The number of amides is 1. The molecule has 1 amide bonds. The SMILES string of the molecule is O=C(NC1CCc2ccccc2C1)c1cccc(F)c1Br. The van der Waals surface area contributed by atoms with E-state index in [1.165, 1.54) is 17.2 Å². The van der Waals surface area contributed by atoms with E-state index in [0.29, 0.717) is 5.56 Å². The lowest BCUT2D eigenvalue weighted by molar-refractivity contribution is 0.0932. The first kappa shape index (κ1) is 14.3. The molecule has 0 fully saturated rings. The van der Waals surface area contributed by atoms with E-state index < -0.39 is 5.82 Å². The van der Waals surface area contributed by atoms with E-state index in [0.717, 1.165) is 19.3 Å². The van der Waals surface area contributed by atoms with Crippen molar-refractivity contribution < 1.29 is 9.18 Å². The molecule has 0 saturated heterocycles. The zero-order valence-electron chi connectivity index (χ0n) is 11.4. The van der Waals surface area contributed by atoms with Crippen molar-refractivity contribution in [3.63, 3.8) is 0 Å². The molecule has 2 aromatic rings. The van der Waals surface area contributed by atoms with Gasteiger partial charge < -0.3 is 5.32 Å². The molecule has 1 N–H and O–H groups in total. The topological polar surface area (TPSA) is 29.1 Å². The zero-order chi connectivity index (χ0) is 14.8. The molecular weight excluding hydrogens is 333 g/mol. The van der Waals surface area contributed by atoms with Gasteiger partial charge in [0.15, 0.2) is 0 Å². The van der Waals surface area contributed by atoms with Crippen molar-refractivity contribution in [3.8, 4) is 0 Å². The van der Waals surface area contributed by atoms with Gasteiger partial charge in [0.2, 0.25) is 0 Å². The molecular formula is C17H15BrFNO. The maximum atomic E-state index is 13.5. The maximum absolute atomic E-state index is 13.5. The van der Waals surface area contributed by atoms with Gasteiger partial charge in [0, 0.05) is 6.04 Å². The van der Waals surface area contributed by atoms with Gasteiger partial charge in [-0.05, 0) is 58.5 Å². The van der Waals surface area contributed by atoms with Gasteiger partial charge in [0.25, 0.3) is 5.91 Å². The number of hydrogen-bond donors (Lipinski definition) is 1. The molecule has 108 valence electrons. The molecule has 1 unspecified atom stereocenters. The largest absolute Gasteiger partial charge is 0.349 e. The highest BCUT2D eigenvalue weighted by Gasteiger charge is 2.21. The van der Waals surface area contributed by atoms with Gasteiger partial charge >= 0.3 is 0 Å². The standard InChI is InChI=1S/C17H15BrFNO/c18-16-14(6-3-7-15(16)19)17(21)20-13-9-8-11-4-1-2-5-12(11)10-13/h1-7,13H,8-10H2,(H,20,21). The Balaban J connectivity index is 1.73. The van der Waals surface area contributed by atoms with Crippen LogP contribution in [0.25, 0.3) is 0 Å². The summed E-state index contributed by atoms with van der Waals surface area (Å²) < 4.78 is 13.7. The summed E-state index contributed by atoms with van der Waals surface area (Å²) >= 11 is 3.14. The van der Waals surface area contributed by atoms with E-state index in [1.807, 2.05) is 12.1 Å². The van der Waals surface area contributed by atoms with Crippen LogP contribution in [0.1, 0.15) is 27.9 Å². The molecule has 0 radical (unpaired) electrons. The van der Waals surface area contributed by atoms with Crippen molar-refractivity contribution in [3.05, 3.63) is 69.4 Å². The lowest BCUT2D eigenvalue weighted by Gasteiger charge is -2.25. The normalized spacial score (nSPS) is 17.1. The van der Waals surface area contributed by atoms with E-state index in [1.54, 1.807) is 12.1 Å². The van der Waals surface area contributed by atoms with Gasteiger partial charge in [-0.1, -0.05) is 30.3 Å². The average Bonchev–Trinajstić information content (AvgIpc) is 2.50. The number of rotatable bonds is 2. The van der Waals surface area contributed by atoms with Gasteiger partial charge in [-0.2, -0.15) is 0 Å². The van der Waals surface area contributed by atoms with Crippen molar-refractivity contribution >= 4 is 21.8 Å². The third kappa shape index (κ3) is 3.00. The summed E-state index contributed by atoms with van der Waals surface area (Å²) in [7, 11) is 0. The van der Waals surface area contributed by atoms with E-state index in [-0.39, 0.29) is 16.4 Å². The molecule has 1 atom stereocenters. The highest BCUT2D eigenvalue weighted by atomic mass is 79.9. The van der Waals surface area contributed by atoms with Gasteiger partial charge in [0.05, 0.1) is 10.0 Å². The highest BCUT2D eigenvalue weighted by molar-refractivity contribution is 9.10. The summed E-state index contributed by atoms with van der Waals surface area (Å²) in [5.74, 6) is -0.651. The summed E-state index contributed by atoms with van der Waals surface area (Å²) in [5.41, 5.74) is 2.98.